The number of methoxy groups -OCH3 is 1. The SMILES string of the molecule is COc1cc([C@H](CCO)N2CCNCC2)cc2c1OCO2. The van der Waals surface area contributed by atoms with Crippen molar-refractivity contribution in [3.63, 3.8) is 0 Å². The number of hydrogen-bond acceptors (Lipinski definition) is 6. The molecule has 116 valence electrons. The number of nitrogens with one attached hydrogen (secondary N) is 1. The molecule has 2 heterocycles. The van der Waals surface area contributed by atoms with Gasteiger partial charge in [0.25, 0.3) is 0 Å². The molecule has 0 amide bonds. The number of aliphatic hydroxyl groups excluding tert-OH is 1. The van der Waals surface area contributed by atoms with Crippen LogP contribution in [-0.2, 0) is 0 Å². The van der Waals surface area contributed by atoms with E-state index >= 15 is 0 Å². The topological polar surface area (TPSA) is 63.2 Å². The second kappa shape index (κ2) is 6.51. The highest BCUT2D eigenvalue weighted by Crippen LogP contribution is 2.44. The molecule has 0 aliphatic carbocycles. The molecule has 1 aromatic rings. The highest BCUT2D eigenvalue weighted by molar-refractivity contribution is 5.55. The maximum absolute atomic E-state index is 9.42. The van der Waals surface area contributed by atoms with Gasteiger partial charge in [-0.3, -0.25) is 4.90 Å². The van der Waals surface area contributed by atoms with Crippen LogP contribution in [0.15, 0.2) is 12.1 Å². The minimum absolute atomic E-state index is 0.158. The van der Waals surface area contributed by atoms with Crippen LogP contribution in [0.25, 0.3) is 0 Å². The van der Waals surface area contributed by atoms with Gasteiger partial charge in [-0.15, -0.1) is 0 Å². The zero-order valence-electron chi connectivity index (χ0n) is 12.3. The number of aliphatic hydroxyl groups is 1. The Morgan fingerprint density at radius 1 is 1.33 bits per heavy atom. The second-order valence-corrected chi connectivity index (χ2v) is 5.27. The van der Waals surface area contributed by atoms with Crippen molar-refractivity contribution in [2.45, 2.75) is 12.5 Å². The standard InChI is InChI=1S/C15H22N2O4/c1-19-13-8-11(9-14-15(13)21-10-20-14)12(2-7-18)17-5-3-16-4-6-17/h8-9,12,16,18H,2-7,10H2,1H3/t12-/m0/s1. The maximum atomic E-state index is 9.42. The first-order valence-electron chi connectivity index (χ1n) is 7.36. The smallest absolute Gasteiger partial charge is 0.231 e. The molecule has 1 atom stereocenters. The number of benzene rings is 1. The Labute approximate surface area is 124 Å². The molecule has 2 N–H and O–H groups in total. The van der Waals surface area contributed by atoms with E-state index in [0.717, 1.165) is 37.5 Å². The molecule has 0 spiro atoms. The van der Waals surface area contributed by atoms with E-state index in [0.29, 0.717) is 17.9 Å². The number of ether oxygens (including phenoxy) is 3. The summed E-state index contributed by atoms with van der Waals surface area (Å²) in [6.45, 7) is 4.29. The average molecular weight is 294 g/mol. The lowest BCUT2D eigenvalue weighted by atomic mass is 10.0. The zero-order valence-corrected chi connectivity index (χ0v) is 12.3. The molecule has 2 aliphatic heterocycles. The molecule has 2 aliphatic rings. The van der Waals surface area contributed by atoms with Crippen molar-refractivity contribution in [3.8, 4) is 17.2 Å². The molecule has 6 nitrogen and oxygen atoms in total. The Kier molecular flexibility index (Phi) is 4.48. The Balaban J connectivity index is 1.91. The predicted octanol–water partition coefficient (Wildman–Crippen LogP) is 0.753. The highest BCUT2D eigenvalue weighted by Gasteiger charge is 2.26. The molecule has 1 fully saturated rings. The molecule has 21 heavy (non-hydrogen) atoms. The monoisotopic (exact) mass is 294 g/mol. The van der Waals surface area contributed by atoms with Crippen LogP contribution in [-0.4, -0.2) is 56.7 Å². The van der Waals surface area contributed by atoms with Crippen molar-refractivity contribution in [1.82, 2.24) is 10.2 Å². The Hall–Kier alpha value is -1.50. The first-order valence-corrected chi connectivity index (χ1v) is 7.36. The Bertz CT molecular complexity index is 489. The lowest BCUT2D eigenvalue weighted by molar-refractivity contribution is 0.140. The summed E-state index contributed by atoms with van der Waals surface area (Å²) in [6, 6.07) is 4.17. The van der Waals surface area contributed by atoms with Crippen LogP contribution in [0.2, 0.25) is 0 Å². The van der Waals surface area contributed by atoms with E-state index in [4.69, 9.17) is 14.2 Å². The molecule has 6 heteroatoms. The van der Waals surface area contributed by atoms with Gasteiger partial charge in [-0.2, -0.15) is 0 Å². The van der Waals surface area contributed by atoms with Crippen molar-refractivity contribution in [2.75, 3.05) is 46.7 Å². The molecule has 1 saturated heterocycles. The van der Waals surface area contributed by atoms with E-state index in [1.165, 1.54) is 0 Å². The van der Waals surface area contributed by atoms with Crippen LogP contribution in [0.5, 0.6) is 17.2 Å². The van der Waals surface area contributed by atoms with Crippen LogP contribution in [0.1, 0.15) is 18.0 Å². The number of hydrogen-bond donors (Lipinski definition) is 2. The van der Waals surface area contributed by atoms with Gasteiger partial charge < -0.3 is 24.6 Å². The van der Waals surface area contributed by atoms with Gasteiger partial charge in [0.1, 0.15) is 0 Å². The van der Waals surface area contributed by atoms with Gasteiger partial charge in [0.2, 0.25) is 12.5 Å². The largest absolute Gasteiger partial charge is 0.493 e. The lowest BCUT2D eigenvalue weighted by Crippen LogP contribution is -2.45. The second-order valence-electron chi connectivity index (χ2n) is 5.27. The molecule has 0 aromatic heterocycles. The maximum Gasteiger partial charge on any atom is 0.231 e. The number of nitrogens with zero attached hydrogens (tertiary/aromatic N) is 1. The van der Waals surface area contributed by atoms with Crippen LogP contribution in [0.4, 0.5) is 0 Å². The van der Waals surface area contributed by atoms with Crippen LogP contribution < -0.4 is 19.5 Å². The van der Waals surface area contributed by atoms with Crippen molar-refractivity contribution >= 4 is 0 Å². The van der Waals surface area contributed by atoms with Crippen molar-refractivity contribution in [2.24, 2.45) is 0 Å². The van der Waals surface area contributed by atoms with Gasteiger partial charge in [0, 0.05) is 38.8 Å². The molecule has 0 saturated carbocycles. The summed E-state index contributed by atoms with van der Waals surface area (Å²) in [5.41, 5.74) is 1.10. The predicted molar refractivity (Wildman–Crippen MR) is 78.0 cm³/mol. The van der Waals surface area contributed by atoms with E-state index in [-0.39, 0.29) is 19.4 Å². The van der Waals surface area contributed by atoms with Gasteiger partial charge in [-0.25, -0.2) is 0 Å². The van der Waals surface area contributed by atoms with Gasteiger partial charge in [0.15, 0.2) is 11.5 Å². The fourth-order valence-electron chi connectivity index (χ4n) is 3.02. The molecular weight excluding hydrogens is 272 g/mol. The third kappa shape index (κ3) is 2.92. The third-order valence-corrected chi connectivity index (χ3v) is 4.06. The summed E-state index contributed by atoms with van der Waals surface area (Å²) in [4.78, 5) is 2.39. The van der Waals surface area contributed by atoms with Crippen molar-refractivity contribution in [1.29, 1.82) is 0 Å². The normalized spacial score (nSPS) is 19.5. The Morgan fingerprint density at radius 3 is 2.86 bits per heavy atom. The van der Waals surface area contributed by atoms with E-state index < -0.39 is 0 Å². The van der Waals surface area contributed by atoms with Gasteiger partial charge in [0.05, 0.1) is 7.11 Å². The summed E-state index contributed by atoms with van der Waals surface area (Å²) < 4.78 is 16.4. The molecule has 3 rings (SSSR count). The molecule has 0 bridgehead atoms. The van der Waals surface area contributed by atoms with E-state index in [2.05, 4.69) is 10.2 Å². The summed E-state index contributed by atoms with van der Waals surface area (Å²) >= 11 is 0. The molecule has 0 radical (unpaired) electrons. The number of rotatable bonds is 5. The minimum Gasteiger partial charge on any atom is -0.493 e. The van der Waals surface area contributed by atoms with E-state index in [1.807, 2.05) is 12.1 Å². The van der Waals surface area contributed by atoms with Crippen LogP contribution >= 0.6 is 0 Å². The van der Waals surface area contributed by atoms with Crippen LogP contribution in [0.3, 0.4) is 0 Å². The summed E-state index contributed by atoms with van der Waals surface area (Å²) in [5.74, 6) is 2.09. The first-order chi connectivity index (χ1) is 10.3. The molecule has 1 aromatic carbocycles. The number of fused-ring (bicyclic) bond motifs is 1. The quantitative estimate of drug-likeness (QED) is 0.836. The van der Waals surface area contributed by atoms with Crippen LogP contribution in [0, 0.1) is 0 Å². The Morgan fingerprint density at radius 2 is 2.14 bits per heavy atom. The summed E-state index contributed by atoms with van der Waals surface area (Å²) in [6.07, 6.45) is 0.697. The van der Waals surface area contributed by atoms with Gasteiger partial charge in [-0.05, 0) is 24.1 Å². The summed E-state index contributed by atoms with van der Waals surface area (Å²) in [5, 5.41) is 12.8. The third-order valence-electron chi connectivity index (χ3n) is 4.06. The highest BCUT2D eigenvalue weighted by atomic mass is 16.7. The average Bonchev–Trinajstić information content (AvgIpc) is 3.01. The van der Waals surface area contributed by atoms with Gasteiger partial charge >= 0.3 is 0 Å². The van der Waals surface area contributed by atoms with Crippen molar-refractivity contribution < 1.29 is 19.3 Å². The van der Waals surface area contributed by atoms with E-state index in [1.54, 1.807) is 7.11 Å². The fourth-order valence-corrected chi connectivity index (χ4v) is 3.02. The van der Waals surface area contributed by atoms with E-state index in [9.17, 15) is 5.11 Å². The van der Waals surface area contributed by atoms with Crippen molar-refractivity contribution in [3.05, 3.63) is 17.7 Å². The zero-order chi connectivity index (χ0) is 14.7. The van der Waals surface area contributed by atoms with Gasteiger partial charge in [-0.1, -0.05) is 0 Å². The molecular formula is C15H22N2O4. The first kappa shape index (κ1) is 14.4. The lowest BCUT2D eigenvalue weighted by Gasteiger charge is -2.35. The minimum atomic E-state index is 0.158. The summed E-state index contributed by atoms with van der Waals surface area (Å²) in [7, 11) is 1.63. The molecule has 0 unspecified atom stereocenters. The number of piperazine rings is 1. The fraction of sp³-hybridized carbons (Fsp3) is 0.600.